The molecule has 6 heteroatoms. The minimum atomic E-state index is -0.917. The number of hydrogen-bond donors (Lipinski definition) is 2. The maximum absolute atomic E-state index is 10.5. The molecule has 1 aromatic carbocycles. The molecule has 2 rings (SSSR count). The summed E-state index contributed by atoms with van der Waals surface area (Å²) in [6.07, 6.45) is 2.16. The number of methoxy groups -OCH3 is 3. The molecule has 1 heterocycles. The van der Waals surface area contributed by atoms with Crippen molar-refractivity contribution in [3.8, 4) is 11.5 Å². The molecule has 1 aromatic heterocycles. The van der Waals surface area contributed by atoms with E-state index in [1.54, 1.807) is 33.6 Å². The predicted molar refractivity (Wildman–Crippen MR) is 72.9 cm³/mol. The number of aliphatic hydroxyl groups is 1. The van der Waals surface area contributed by atoms with Crippen molar-refractivity contribution in [3.05, 3.63) is 41.5 Å². The van der Waals surface area contributed by atoms with E-state index in [0.717, 1.165) is 5.56 Å². The quantitative estimate of drug-likeness (QED) is 0.840. The van der Waals surface area contributed by atoms with Crippen molar-refractivity contribution in [3.63, 3.8) is 0 Å². The molecule has 0 aliphatic rings. The van der Waals surface area contributed by atoms with Crippen LogP contribution in [0.25, 0.3) is 0 Å². The first-order valence-corrected chi connectivity index (χ1v) is 6.12. The van der Waals surface area contributed by atoms with Crippen LogP contribution in [0, 0.1) is 0 Å². The van der Waals surface area contributed by atoms with E-state index >= 15 is 0 Å². The second kappa shape index (κ2) is 6.40. The summed E-state index contributed by atoms with van der Waals surface area (Å²) in [6.45, 7) is 0.385. The highest BCUT2D eigenvalue weighted by Crippen LogP contribution is 2.39. The zero-order valence-corrected chi connectivity index (χ0v) is 11.7. The lowest BCUT2D eigenvalue weighted by Gasteiger charge is -2.19. The zero-order chi connectivity index (χ0) is 14.5. The SMILES string of the molecule is COCc1ccc(OC)c(C(O)c2cnc[nH]2)c1OC. The van der Waals surface area contributed by atoms with E-state index in [9.17, 15) is 5.11 Å². The Labute approximate surface area is 117 Å². The third-order valence-electron chi connectivity index (χ3n) is 3.05. The van der Waals surface area contributed by atoms with Gasteiger partial charge in [-0.15, -0.1) is 0 Å². The van der Waals surface area contributed by atoms with E-state index in [2.05, 4.69) is 9.97 Å². The number of H-pyrrole nitrogens is 1. The largest absolute Gasteiger partial charge is 0.496 e. The first kappa shape index (κ1) is 14.4. The summed E-state index contributed by atoms with van der Waals surface area (Å²) < 4.78 is 15.9. The van der Waals surface area contributed by atoms with Crippen LogP contribution in [-0.2, 0) is 11.3 Å². The number of aromatic nitrogens is 2. The molecule has 2 N–H and O–H groups in total. The van der Waals surface area contributed by atoms with Gasteiger partial charge in [-0.05, 0) is 12.1 Å². The number of imidazole rings is 1. The minimum Gasteiger partial charge on any atom is -0.496 e. The lowest BCUT2D eigenvalue weighted by atomic mass is 10.0. The van der Waals surface area contributed by atoms with E-state index in [0.29, 0.717) is 29.4 Å². The molecule has 0 aliphatic carbocycles. The smallest absolute Gasteiger partial charge is 0.134 e. The van der Waals surface area contributed by atoms with Crippen molar-refractivity contribution < 1.29 is 19.3 Å². The van der Waals surface area contributed by atoms with Gasteiger partial charge in [-0.25, -0.2) is 4.98 Å². The molecule has 0 spiro atoms. The Morgan fingerprint density at radius 2 is 2.05 bits per heavy atom. The highest BCUT2D eigenvalue weighted by Gasteiger charge is 2.24. The van der Waals surface area contributed by atoms with Crippen molar-refractivity contribution in [2.75, 3.05) is 21.3 Å². The summed E-state index contributed by atoms with van der Waals surface area (Å²) in [6, 6.07) is 3.64. The van der Waals surface area contributed by atoms with E-state index in [4.69, 9.17) is 14.2 Å². The molecule has 108 valence electrons. The molecule has 0 aliphatic heterocycles. The molecule has 0 saturated carbocycles. The van der Waals surface area contributed by atoms with Gasteiger partial charge < -0.3 is 24.3 Å². The van der Waals surface area contributed by atoms with Crippen LogP contribution < -0.4 is 9.47 Å². The summed E-state index contributed by atoms with van der Waals surface area (Å²) in [5.74, 6) is 1.09. The molecule has 0 saturated heterocycles. The Hall–Kier alpha value is -2.05. The highest BCUT2D eigenvalue weighted by atomic mass is 16.5. The van der Waals surface area contributed by atoms with Gasteiger partial charge in [-0.1, -0.05) is 0 Å². The van der Waals surface area contributed by atoms with Crippen LogP contribution in [0.3, 0.4) is 0 Å². The molecule has 1 unspecified atom stereocenters. The number of aliphatic hydroxyl groups excluding tert-OH is 1. The van der Waals surface area contributed by atoms with Gasteiger partial charge in [0, 0.05) is 12.7 Å². The molecule has 0 fully saturated rings. The zero-order valence-electron chi connectivity index (χ0n) is 11.7. The third kappa shape index (κ3) is 2.61. The van der Waals surface area contributed by atoms with Crippen LogP contribution in [0.4, 0.5) is 0 Å². The monoisotopic (exact) mass is 278 g/mol. The fraction of sp³-hybridized carbons (Fsp3) is 0.357. The van der Waals surface area contributed by atoms with Crippen LogP contribution in [0.1, 0.15) is 22.9 Å². The van der Waals surface area contributed by atoms with Crippen molar-refractivity contribution in [1.82, 2.24) is 9.97 Å². The van der Waals surface area contributed by atoms with Crippen molar-refractivity contribution >= 4 is 0 Å². The van der Waals surface area contributed by atoms with Gasteiger partial charge in [0.15, 0.2) is 0 Å². The minimum absolute atomic E-state index is 0.385. The Kier molecular flexibility index (Phi) is 4.60. The molecule has 0 radical (unpaired) electrons. The molecule has 1 atom stereocenters. The predicted octanol–water partition coefficient (Wildman–Crippen LogP) is 1.65. The van der Waals surface area contributed by atoms with Crippen LogP contribution in [-0.4, -0.2) is 36.4 Å². The first-order valence-electron chi connectivity index (χ1n) is 6.12. The topological polar surface area (TPSA) is 76.6 Å². The second-order valence-electron chi connectivity index (χ2n) is 4.22. The van der Waals surface area contributed by atoms with Crippen LogP contribution in [0.5, 0.6) is 11.5 Å². The number of ether oxygens (including phenoxy) is 3. The first-order chi connectivity index (χ1) is 9.72. The lowest BCUT2D eigenvalue weighted by molar-refractivity contribution is 0.178. The number of aromatic amines is 1. The Balaban J connectivity index is 2.55. The molecule has 6 nitrogen and oxygen atoms in total. The number of nitrogens with zero attached hydrogens (tertiary/aromatic N) is 1. The van der Waals surface area contributed by atoms with Crippen molar-refractivity contribution in [2.24, 2.45) is 0 Å². The van der Waals surface area contributed by atoms with Gasteiger partial charge in [0.25, 0.3) is 0 Å². The normalized spacial score (nSPS) is 12.2. The van der Waals surface area contributed by atoms with Crippen molar-refractivity contribution in [1.29, 1.82) is 0 Å². The summed E-state index contributed by atoms with van der Waals surface area (Å²) in [5.41, 5.74) is 1.95. The van der Waals surface area contributed by atoms with Gasteiger partial charge in [-0.2, -0.15) is 0 Å². The third-order valence-corrected chi connectivity index (χ3v) is 3.05. The Morgan fingerprint density at radius 3 is 2.60 bits per heavy atom. The maximum atomic E-state index is 10.5. The lowest BCUT2D eigenvalue weighted by Crippen LogP contribution is -2.08. The standard InChI is InChI=1S/C14H18N2O4/c1-18-7-9-4-5-11(19-2)12(14(9)20-3)13(17)10-6-15-8-16-10/h4-6,8,13,17H,7H2,1-3H3,(H,15,16). The van der Waals surface area contributed by atoms with E-state index < -0.39 is 6.10 Å². The summed E-state index contributed by atoms with van der Waals surface area (Å²) >= 11 is 0. The van der Waals surface area contributed by atoms with Gasteiger partial charge in [-0.3, -0.25) is 0 Å². The van der Waals surface area contributed by atoms with Gasteiger partial charge in [0.2, 0.25) is 0 Å². The summed E-state index contributed by atoms with van der Waals surface area (Å²) in [7, 11) is 4.71. The van der Waals surface area contributed by atoms with Crippen molar-refractivity contribution in [2.45, 2.75) is 12.7 Å². The average Bonchev–Trinajstić information content (AvgIpc) is 3.00. The summed E-state index contributed by atoms with van der Waals surface area (Å²) in [4.78, 5) is 6.80. The molecule has 20 heavy (non-hydrogen) atoms. The molecule has 0 bridgehead atoms. The number of benzene rings is 1. The Bertz CT molecular complexity index is 555. The molecular weight excluding hydrogens is 260 g/mol. The van der Waals surface area contributed by atoms with Gasteiger partial charge in [0.05, 0.1) is 44.6 Å². The fourth-order valence-corrected chi connectivity index (χ4v) is 2.15. The van der Waals surface area contributed by atoms with E-state index in [1.165, 1.54) is 6.33 Å². The van der Waals surface area contributed by atoms with E-state index in [-0.39, 0.29) is 0 Å². The number of nitrogens with one attached hydrogen (secondary N) is 1. The Morgan fingerprint density at radius 1 is 1.25 bits per heavy atom. The van der Waals surface area contributed by atoms with Gasteiger partial charge in [0.1, 0.15) is 17.6 Å². The molecule has 2 aromatic rings. The second-order valence-corrected chi connectivity index (χ2v) is 4.22. The van der Waals surface area contributed by atoms with Crippen LogP contribution in [0.2, 0.25) is 0 Å². The fourth-order valence-electron chi connectivity index (χ4n) is 2.15. The van der Waals surface area contributed by atoms with Crippen LogP contribution in [0.15, 0.2) is 24.7 Å². The highest BCUT2D eigenvalue weighted by molar-refractivity contribution is 5.53. The molecular formula is C14H18N2O4. The van der Waals surface area contributed by atoms with E-state index in [1.807, 2.05) is 6.07 Å². The summed E-state index contributed by atoms with van der Waals surface area (Å²) in [5, 5.41) is 10.5. The maximum Gasteiger partial charge on any atom is 0.134 e. The number of hydrogen-bond acceptors (Lipinski definition) is 5. The van der Waals surface area contributed by atoms with Crippen LogP contribution >= 0.6 is 0 Å². The average molecular weight is 278 g/mol. The molecule has 0 amide bonds. The van der Waals surface area contributed by atoms with Gasteiger partial charge >= 0.3 is 0 Å². The number of rotatable bonds is 6.